The van der Waals surface area contributed by atoms with Crippen LogP contribution >= 0.6 is 34.5 Å². The first-order valence-electron chi connectivity index (χ1n) is 6.36. The summed E-state index contributed by atoms with van der Waals surface area (Å²) in [5.41, 5.74) is 5.47. The Morgan fingerprint density at radius 1 is 1.50 bits per heavy atom. The first-order valence-corrected chi connectivity index (χ1v) is 7.94. The second-order valence-electron chi connectivity index (χ2n) is 5.96. The molecule has 2 rings (SSSR count). The van der Waals surface area contributed by atoms with Crippen LogP contribution in [0.2, 0.25) is 5.15 Å². The van der Waals surface area contributed by atoms with Gasteiger partial charge in [0.05, 0.1) is 4.88 Å². The number of alkyl halides is 1. The summed E-state index contributed by atoms with van der Waals surface area (Å²) >= 11 is 13.2. The zero-order chi connectivity index (χ0) is 15.6. The molecule has 20 heavy (non-hydrogen) atoms. The molecule has 0 aliphatic heterocycles. The maximum absolute atomic E-state index is 10.1. The average Bonchev–Trinajstić information content (AvgIpc) is 2.69. The lowest BCUT2D eigenvalue weighted by Gasteiger charge is -2.35. The summed E-state index contributed by atoms with van der Waals surface area (Å²) in [5.74, 6) is 0. The van der Waals surface area contributed by atoms with E-state index in [-0.39, 0.29) is 11.5 Å². The molecule has 1 fully saturated rings. The standard InChI is InChI=1S/C8H13ClN2S.C5H8ClNO/c1-8(2,3)5-6(9)11-7(10-4)12-5;6-5(3-8)1-4(7)2-5/h1-4H3,(H,10,11);3-4H,1-2,7H2. The second-order valence-corrected chi connectivity index (χ2v) is 8.07. The lowest BCUT2D eigenvalue weighted by Crippen LogP contribution is -2.48. The number of hydrogen-bond acceptors (Lipinski definition) is 5. The van der Waals surface area contributed by atoms with Crippen molar-refractivity contribution >= 4 is 46.0 Å². The number of nitrogens with one attached hydrogen (secondary N) is 1. The Hall–Kier alpha value is -0.360. The highest BCUT2D eigenvalue weighted by Gasteiger charge is 2.40. The smallest absolute Gasteiger partial charge is 0.184 e. The second kappa shape index (κ2) is 6.60. The minimum atomic E-state index is -0.598. The van der Waals surface area contributed by atoms with Crippen LogP contribution in [0.1, 0.15) is 38.5 Å². The molecule has 1 aliphatic rings. The summed E-state index contributed by atoms with van der Waals surface area (Å²) in [7, 11) is 1.85. The van der Waals surface area contributed by atoms with Gasteiger partial charge in [-0.05, 0) is 18.3 Å². The van der Waals surface area contributed by atoms with E-state index in [0.29, 0.717) is 18.0 Å². The molecule has 0 spiro atoms. The number of anilines is 1. The van der Waals surface area contributed by atoms with Gasteiger partial charge in [0.15, 0.2) is 5.13 Å². The lowest BCUT2D eigenvalue weighted by molar-refractivity contribution is -0.112. The summed E-state index contributed by atoms with van der Waals surface area (Å²) < 4.78 is 0. The number of rotatable bonds is 2. The fourth-order valence-corrected chi connectivity index (χ4v) is 3.58. The van der Waals surface area contributed by atoms with Crippen molar-refractivity contribution in [1.82, 2.24) is 4.98 Å². The topological polar surface area (TPSA) is 68.0 Å². The number of nitrogens with zero attached hydrogens (tertiary/aromatic N) is 1. The number of halogens is 2. The van der Waals surface area contributed by atoms with Gasteiger partial charge in [-0.1, -0.05) is 43.7 Å². The molecule has 0 unspecified atom stereocenters. The summed E-state index contributed by atoms with van der Waals surface area (Å²) in [6.07, 6.45) is 2.05. The van der Waals surface area contributed by atoms with Gasteiger partial charge in [-0.2, -0.15) is 0 Å². The number of aromatic nitrogens is 1. The molecule has 1 aromatic heterocycles. The van der Waals surface area contributed by atoms with Crippen LogP contribution < -0.4 is 11.1 Å². The number of thiazole rings is 1. The van der Waals surface area contributed by atoms with Crippen LogP contribution in [-0.4, -0.2) is 29.2 Å². The third-order valence-electron chi connectivity index (χ3n) is 2.90. The normalized spacial score (nSPS) is 25.2. The van der Waals surface area contributed by atoms with E-state index in [1.165, 1.54) is 0 Å². The molecule has 0 amide bonds. The Kier molecular flexibility index (Phi) is 5.84. The molecule has 4 nitrogen and oxygen atoms in total. The fourth-order valence-electron chi connectivity index (χ4n) is 1.78. The van der Waals surface area contributed by atoms with Gasteiger partial charge in [0.25, 0.3) is 0 Å². The minimum absolute atomic E-state index is 0.0872. The number of nitrogens with two attached hydrogens (primary N) is 1. The van der Waals surface area contributed by atoms with Gasteiger partial charge in [-0.15, -0.1) is 11.6 Å². The molecule has 1 heterocycles. The van der Waals surface area contributed by atoms with Crippen molar-refractivity contribution in [3.05, 3.63) is 10.0 Å². The Balaban J connectivity index is 0.000000217. The van der Waals surface area contributed by atoms with E-state index in [4.69, 9.17) is 28.9 Å². The highest BCUT2D eigenvalue weighted by atomic mass is 35.5. The third-order valence-corrected chi connectivity index (χ3v) is 5.18. The zero-order valence-electron chi connectivity index (χ0n) is 12.2. The lowest BCUT2D eigenvalue weighted by atomic mass is 9.81. The van der Waals surface area contributed by atoms with E-state index < -0.39 is 4.87 Å². The van der Waals surface area contributed by atoms with E-state index in [9.17, 15) is 4.79 Å². The van der Waals surface area contributed by atoms with Crippen LogP contribution in [0.15, 0.2) is 0 Å². The van der Waals surface area contributed by atoms with E-state index in [1.54, 1.807) is 11.3 Å². The van der Waals surface area contributed by atoms with Gasteiger partial charge in [0.1, 0.15) is 16.3 Å². The van der Waals surface area contributed by atoms with Crippen LogP contribution in [0, 0.1) is 0 Å². The van der Waals surface area contributed by atoms with Crippen molar-refractivity contribution < 1.29 is 4.79 Å². The van der Waals surface area contributed by atoms with Crippen molar-refractivity contribution in [3.8, 4) is 0 Å². The van der Waals surface area contributed by atoms with Crippen molar-refractivity contribution in [2.24, 2.45) is 5.73 Å². The predicted octanol–water partition coefficient (Wildman–Crippen LogP) is 3.42. The monoisotopic (exact) mass is 337 g/mol. The molecule has 1 aromatic rings. The minimum Gasteiger partial charge on any atom is -0.365 e. The average molecular weight is 338 g/mol. The van der Waals surface area contributed by atoms with Crippen molar-refractivity contribution in [1.29, 1.82) is 0 Å². The molecule has 0 saturated heterocycles. The fraction of sp³-hybridized carbons (Fsp3) is 0.692. The molecular weight excluding hydrogens is 317 g/mol. The Labute approximate surface area is 134 Å². The largest absolute Gasteiger partial charge is 0.365 e. The maximum atomic E-state index is 10.1. The maximum Gasteiger partial charge on any atom is 0.184 e. The van der Waals surface area contributed by atoms with Crippen LogP contribution in [0.5, 0.6) is 0 Å². The Morgan fingerprint density at radius 2 is 2.05 bits per heavy atom. The van der Waals surface area contributed by atoms with Crippen LogP contribution in [0.4, 0.5) is 5.13 Å². The van der Waals surface area contributed by atoms with E-state index in [2.05, 4.69) is 31.1 Å². The molecule has 1 aliphatic carbocycles. The highest BCUT2D eigenvalue weighted by molar-refractivity contribution is 7.16. The van der Waals surface area contributed by atoms with E-state index in [0.717, 1.165) is 16.3 Å². The first-order chi connectivity index (χ1) is 9.11. The molecule has 3 N–H and O–H groups in total. The van der Waals surface area contributed by atoms with Crippen molar-refractivity contribution in [2.45, 2.75) is 49.9 Å². The summed E-state index contributed by atoms with van der Waals surface area (Å²) in [5, 5.41) is 4.48. The van der Waals surface area contributed by atoms with Gasteiger partial charge in [0.2, 0.25) is 0 Å². The number of hydrogen-bond donors (Lipinski definition) is 2. The first kappa shape index (κ1) is 17.7. The molecule has 0 aromatic carbocycles. The van der Waals surface area contributed by atoms with Crippen molar-refractivity contribution in [3.63, 3.8) is 0 Å². The van der Waals surface area contributed by atoms with E-state index in [1.807, 2.05) is 7.05 Å². The van der Waals surface area contributed by atoms with Gasteiger partial charge >= 0.3 is 0 Å². The summed E-state index contributed by atoms with van der Waals surface area (Å²) in [6.45, 7) is 6.39. The van der Waals surface area contributed by atoms with Crippen LogP contribution in [-0.2, 0) is 10.2 Å². The zero-order valence-corrected chi connectivity index (χ0v) is 14.5. The van der Waals surface area contributed by atoms with Crippen LogP contribution in [0.25, 0.3) is 0 Å². The SMILES string of the molecule is CNc1nc(Cl)c(C(C)(C)C)s1.NC1CC(Cl)(C=O)C1. The molecule has 0 radical (unpaired) electrons. The molecule has 7 heteroatoms. The van der Waals surface area contributed by atoms with Gasteiger partial charge in [-0.3, -0.25) is 0 Å². The molecular formula is C13H21Cl2N3OS. The molecule has 114 valence electrons. The summed E-state index contributed by atoms with van der Waals surface area (Å²) in [4.78, 5) is 14.8. The molecule has 0 bridgehead atoms. The number of carbonyl (C=O) groups is 1. The highest BCUT2D eigenvalue weighted by Crippen LogP contribution is 2.36. The quantitative estimate of drug-likeness (QED) is 0.640. The predicted molar refractivity (Wildman–Crippen MR) is 87.2 cm³/mol. The summed E-state index contributed by atoms with van der Waals surface area (Å²) in [6, 6.07) is 0.151. The number of carbonyl (C=O) groups excluding carboxylic acids is 1. The van der Waals surface area contributed by atoms with Gasteiger partial charge < -0.3 is 15.8 Å². The van der Waals surface area contributed by atoms with E-state index >= 15 is 0 Å². The van der Waals surface area contributed by atoms with Crippen LogP contribution in [0.3, 0.4) is 0 Å². The molecule has 1 saturated carbocycles. The Morgan fingerprint density at radius 3 is 2.25 bits per heavy atom. The van der Waals surface area contributed by atoms with Crippen molar-refractivity contribution in [2.75, 3.05) is 12.4 Å². The van der Waals surface area contributed by atoms with Gasteiger partial charge in [-0.25, -0.2) is 4.98 Å². The molecule has 0 atom stereocenters. The van der Waals surface area contributed by atoms with Gasteiger partial charge in [0, 0.05) is 13.1 Å². The Bertz CT molecular complexity index is 465. The third kappa shape index (κ3) is 4.58. The number of aldehydes is 1.